The molecular formula is C18H22ClN5O5S2. The van der Waals surface area contributed by atoms with Crippen LogP contribution in [0.5, 0.6) is 5.75 Å². The Labute approximate surface area is 188 Å². The SMILES string of the molecule is CC1=CCC(CNc2n[s+]([O-])nc2Nc2ccc(Cl)c(S(=O)(=O)N3CCCC3)c2O)O1. The lowest BCUT2D eigenvalue weighted by molar-refractivity contribution is 0.156. The van der Waals surface area contributed by atoms with Crippen molar-refractivity contribution in [3.8, 4) is 5.75 Å². The zero-order valence-corrected chi connectivity index (χ0v) is 19.1. The first-order valence-corrected chi connectivity index (χ1v) is 12.6. The number of benzene rings is 1. The predicted octanol–water partition coefficient (Wildman–Crippen LogP) is 3.20. The van der Waals surface area contributed by atoms with E-state index in [1.807, 2.05) is 13.0 Å². The molecule has 10 nitrogen and oxygen atoms in total. The predicted molar refractivity (Wildman–Crippen MR) is 117 cm³/mol. The van der Waals surface area contributed by atoms with Crippen LogP contribution in [0.25, 0.3) is 0 Å². The second-order valence-corrected chi connectivity index (χ2v) is 10.4. The molecule has 1 aromatic heterocycles. The normalized spacial score (nSPS) is 19.9. The van der Waals surface area contributed by atoms with E-state index in [0.29, 0.717) is 19.6 Å². The molecule has 0 amide bonds. The summed E-state index contributed by atoms with van der Waals surface area (Å²) in [6, 6.07) is 2.81. The number of sulfonamides is 1. The summed E-state index contributed by atoms with van der Waals surface area (Å²) in [6.07, 6.45) is 4.14. The van der Waals surface area contributed by atoms with Crippen molar-refractivity contribution in [1.29, 1.82) is 0 Å². The molecule has 1 fully saturated rings. The first-order valence-electron chi connectivity index (χ1n) is 9.71. The van der Waals surface area contributed by atoms with Gasteiger partial charge in [-0.3, -0.25) is 0 Å². The summed E-state index contributed by atoms with van der Waals surface area (Å²) in [5.74, 6) is 0.652. The van der Waals surface area contributed by atoms with Gasteiger partial charge in [-0.15, -0.1) is 0 Å². The Bertz CT molecular complexity index is 1110. The number of rotatable bonds is 7. The van der Waals surface area contributed by atoms with E-state index in [0.717, 1.165) is 25.0 Å². The van der Waals surface area contributed by atoms with Crippen molar-refractivity contribution >= 4 is 50.1 Å². The third kappa shape index (κ3) is 4.58. The fourth-order valence-corrected chi connectivity index (χ4v) is 6.28. The van der Waals surface area contributed by atoms with Gasteiger partial charge in [-0.25, -0.2) is 8.42 Å². The number of halogens is 1. The van der Waals surface area contributed by atoms with E-state index in [9.17, 15) is 18.1 Å². The standard InChI is InChI=1S/C18H22ClN5O5S2/c1-11-4-5-12(29-11)10-20-17-18(23-30(26)22-17)21-14-7-6-13(19)16(15(14)25)31(27,28)24-8-2-3-9-24/h4,6-7,12,25H,2-3,5,8-10H2,1H3,(H,20,22)(H,21,23). The Kier molecular flexibility index (Phi) is 6.26. The van der Waals surface area contributed by atoms with Crippen LogP contribution < -0.4 is 10.6 Å². The summed E-state index contributed by atoms with van der Waals surface area (Å²) >= 11 is 4.30. The van der Waals surface area contributed by atoms with Gasteiger partial charge in [0.2, 0.25) is 21.7 Å². The summed E-state index contributed by atoms with van der Waals surface area (Å²) in [7, 11) is -3.96. The van der Waals surface area contributed by atoms with Crippen LogP contribution >= 0.6 is 22.7 Å². The summed E-state index contributed by atoms with van der Waals surface area (Å²) in [5.41, 5.74) is 0.0592. The highest BCUT2D eigenvalue weighted by Gasteiger charge is 2.33. The van der Waals surface area contributed by atoms with Crippen molar-refractivity contribution in [2.45, 2.75) is 37.2 Å². The van der Waals surface area contributed by atoms with Crippen LogP contribution in [0.2, 0.25) is 5.02 Å². The second kappa shape index (κ2) is 8.79. The van der Waals surface area contributed by atoms with E-state index in [1.54, 1.807) is 0 Å². The first kappa shape index (κ1) is 22.1. The number of nitrogens with one attached hydrogen (secondary N) is 2. The molecule has 0 bridgehead atoms. The van der Waals surface area contributed by atoms with Crippen LogP contribution in [0.15, 0.2) is 28.9 Å². The Hall–Kier alpha value is -2.12. The molecule has 2 unspecified atom stereocenters. The number of aromatic hydroxyl groups is 1. The minimum absolute atomic E-state index is 0.0592. The van der Waals surface area contributed by atoms with Gasteiger partial charge in [-0.05, 0) is 38.0 Å². The Morgan fingerprint density at radius 3 is 2.71 bits per heavy atom. The number of phenolic OH excluding ortho intramolecular Hbond substituents is 1. The highest BCUT2D eigenvalue weighted by Crippen LogP contribution is 2.41. The van der Waals surface area contributed by atoms with Gasteiger partial charge in [-0.1, -0.05) is 11.6 Å². The van der Waals surface area contributed by atoms with Crippen molar-refractivity contribution in [3.63, 3.8) is 0 Å². The van der Waals surface area contributed by atoms with E-state index in [4.69, 9.17) is 16.3 Å². The van der Waals surface area contributed by atoms with Gasteiger partial charge < -0.3 is 25.0 Å². The van der Waals surface area contributed by atoms with E-state index < -0.39 is 26.9 Å². The lowest BCUT2D eigenvalue weighted by Crippen LogP contribution is -2.28. The summed E-state index contributed by atoms with van der Waals surface area (Å²) in [5, 5.41) is 16.5. The molecular weight excluding hydrogens is 466 g/mol. The van der Waals surface area contributed by atoms with Crippen molar-refractivity contribution in [2.75, 3.05) is 30.3 Å². The molecule has 31 heavy (non-hydrogen) atoms. The maximum atomic E-state index is 13.0. The molecule has 2 aliphatic rings. The molecule has 13 heteroatoms. The molecule has 2 aromatic rings. The molecule has 2 aliphatic heterocycles. The third-order valence-electron chi connectivity index (χ3n) is 5.08. The molecule has 3 heterocycles. The largest absolute Gasteiger partial charge is 0.546 e. The average molecular weight is 488 g/mol. The van der Waals surface area contributed by atoms with Gasteiger partial charge >= 0.3 is 0 Å². The van der Waals surface area contributed by atoms with Crippen LogP contribution in [-0.4, -0.2) is 56.9 Å². The molecule has 0 spiro atoms. The van der Waals surface area contributed by atoms with Crippen LogP contribution in [0.1, 0.15) is 26.2 Å². The Morgan fingerprint density at radius 1 is 1.32 bits per heavy atom. The van der Waals surface area contributed by atoms with E-state index in [-0.39, 0.29) is 33.3 Å². The maximum absolute atomic E-state index is 13.0. The number of aromatic nitrogens is 2. The van der Waals surface area contributed by atoms with Gasteiger partial charge in [0.05, 0.1) is 23.0 Å². The smallest absolute Gasteiger partial charge is 0.248 e. The highest BCUT2D eigenvalue weighted by molar-refractivity contribution is 7.89. The van der Waals surface area contributed by atoms with E-state index in [1.165, 1.54) is 16.4 Å². The molecule has 1 aromatic carbocycles. The topological polar surface area (TPSA) is 140 Å². The minimum atomic E-state index is -3.96. The first-order chi connectivity index (χ1) is 14.8. The number of ether oxygens (including phenoxy) is 1. The number of nitrogens with zero attached hydrogens (tertiary/aromatic N) is 3. The van der Waals surface area contributed by atoms with Gasteiger partial charge in [0.15, 0.2) is 16.9 Å². The number of hydrogen-bond donors (Lipinski definition) is 3. The minimum Gasteiger partial charge on any atom is -0.546 e. The molecule has 2 atom stereocenters. The van der Waals surface area contributed by atoms with Crippen molar-refractivity contribution < 1.29 is 22.8 Å². The number of allylic oxidation sites excluding steroid dienone is 1. The maximum Gasteiger partial charge on any atom is 0.248 e. The second-order valence-electron chi connectivity index (χ2n) is 7.29. The Balaban J connectivity index is 1.57. The number of phenols is 1. The lowest BCUT2D eigenvalue weighted by atomic mass is 10.2. The van der Waals surface area contributed by atoms with Crippen molar-refractivity contribution in [2.24, 2.45) is 0 Å². The molecule has 4 rings (SSSR count). The molecule has 0 saturated carbocycles. The zero-order chi connectivity index (χ0) is 22.2. The van der Waals surface area contributed by atoms with Gasteiger partial charge in [0, 0.05) is 28.3 Å². The Morgan fingerprint density at radius 2 is 2.03 bits per heavy atom. The highest BCUT2D eigenvalue weighted by atomic mass is 35.5. The van der Waals surface area contributed by atoms with Crippen LogP contribution in [0.4, 0.5) is 17.3 Å². The van der Waals surface area contributed by atoms with E-state index in [2.05, 4.69) is 19.4 Å². The van der Waals surface area contributed by atoms with Gasteiger partial charge in [-0.2, -0.15) is 4.31 Å². The van der Waals surface area contributed by atoms with Crippen LogP contribution in [-0.2, 0) is 14.8 Å². The lowest BCUT2D eigenvalue weighted by Gasteiger charge is -2.19. The number of hydrogen-bond acceptors (Lipinski definition) is 9. The average Bonchev–Trinajstić information content (AvgIpc) is 3.44. The van der Waals surface area contributed by atoms with Crippen LogP contribution in [0, 0.1) is 0 Å². The third-order valence-corrected chi connectivity index (χ3v) is 8.16. The monoisotopic (exact) mass is 487 g/mol. The molecule has 0 aliphatic carbocycles. The quantitative estimate of drug-likeness (QED) is 0.396. The summed E-state index contributed by atoms with van der Waals surface area (Å²) in [6.45, 7) is 3.03. The van der Waals surface area contributed by atoms with Gasteiger partial charge in [0.1, 0.15) is 11.0 Å². The van der Waals surface area contributed by atoms with Crippen LogP contribution in [0.3, 0.4) is 0 Å². The number of anilines is 3. The molecule has 1 saturated heterocycles. The molecule has 168 valence electrons. The fraction of sp³-hybridized carbons (Fsp3) is 0.444. The fourth-order valence-electron chi connectivity index (χ4n) is 3.53. The molecule has 3 N–H and O–H groups in total. The summed E-state index contributed by atoms with van der Waals surface area (Å²) < 4.78 is 52.6. The van der Waals surface area contributed by atoms with Crippen molar-refractivity contribution in [3.05, 3.63) is 29.0 Å². The zero-order valence-electron chi connectivity index (χ0n) is 16.7. The van der Waals surface area contributed by atoms with Gasteiger partial charge in [0.25, 0.3) is 0 Å². The van der Waals surface area contributed by atoms with E-state index >= 15 is 0 Å². The van der Waals surface area contributed by atoms with Crippen molar-refractivity contribution in [1.82, 2.24) is 13.1 Å². The molecule has 0 radical (unpaired) electrons. The summed E-state index contributed by atoms with van der Waals surface area (Å²) in [4.78, 5) is -0.367.